The van der Waals surface area contributed by atoms with Crippen LogP contribution >= 0.6 is 0 Å². The zero-order valence-electron chi connectivity index (χ0n) is 12.2. The van der Waals surface area contributed by atoms with Crippen LogP contribution in [-0.4, -0.2) is 24.1 Å². The summed E-state index contributed by atoms with van der Waals surface area (Å²) >= 11 is 0. The second-order valence-corrected chi connectivity index (χ2v) is 6.23. The third kappa shape index (κ3) is 3.02. The summed E-state index contributed by atoms with van der Waals surface area (Å²) in [6.45, 7) is 2.01. The van der Waals surface area contributed by atoms with Crippen molar-refractivity contribution in [1.82, 2.24) is 5.32 Å². The molecule has 4 nitrogen and oxygen atoms in total. The zero-order chi connectivity index (χ0) is 15.0. The van der Waals surface area contributed by atoms with E-state index in [0.717, 1.165) is 31.2 Å². The number of nitrogens with two attached hydrogens (primary N) is 1. The molecule has 1 aromatic carbocycles. The van der Waals surface area contributed by atoms with E-state index in [1.165, 1.54) is 12.1 Å². The van der Waals surface area contributed by atoms with E-state index < -0.39 is 5.54 Å². The molecule has 0 saturated heterocycles. The Bertz CT molecular complexity index is 555. The minimum Gasteiger partial charge on any atom is -0.491 e. The third-order valence-electron chi connectivity index (χ3n) is 4.36. The van der Waals surface area contributed by atoms with Gasteiger partial charge in [-0.05, 0) is 50.2 Å². The molecule has 21 heavy (non-hydrogen) atoms. The van der Waals surface area contributed by atoms with Gasteiger partial charge in [0.15, 0.2) is 0 Å². The van der Waals surface area contributed by atoms with Gasteiger partial charge in [0.25, 0.3) is 0 Å². The first kappa shape index (κ1) is 14.3. The van der Waals surface area contributed by atoms with E-state index in [0.29, 0.717) is 11.8 Å². The molecule has 0 aromatic heterocycles. The standard InChI is InChI=1S/C16H21FN2O2/c1-10-2-5-12(17)8-14(10)21-9-16(15(18)20,11-3-4-11)19-13-6-7-13/h2,5,8,11,13,19H,3-4,6-7,9H2,1H3,(H2,18,20). The summed E-state index contributed by atoms with van der Waals surface area (Å²) < 4.78 is 19.1. The summed E-state index contributed by atoms with van der Waals surface area (Å²) in [6, 6.07) is 4.77. The average Bonchev–Trinajstić information content (AvgIpc) is 3.30. The Morgan fingerprint density at radius 1 is 1.43 bits per heavy atom. The molecule has 1 atom stereocenters. The SMILES string of the molecule is Cc1ccc(F)cc1OCC(NC1CC1)(C(N)=O)C1CC1. The average molecular weight is 292 g/mol. The molecular formula is C16H21FN2O2. The number of benzene rings is 1. The number of carbonyl (C=O) groups excluding carboxylic acids is 1. The first-order chi connectivity index (χ1) is 10.0. The van der Waals surface area contributed by atoms with Gasteiger partial charge >= 0.3 is 0 Å². The van der Waals surface area contributed by atoms with Gasteiger partial charge in [0.2, 0.25) is 5.91 Å². The van der Waals surface area contributed by atoms with Crippen molar-refractivity contribution in [1.29, 1.82) is 0 Å². The number of halogens is 1. The first-order valence-corrected chi connectivity index (χ1v) is 7.48. The third-order valence-corrected chi connectivity index (χ3v) is 4.36. The van der Waals surface area contributed by atoms with Gasteiger partial charge in [0.05, 0.1) is 0 Å². The maximum atomic E-state index is 13.3. The van der Waals surface area contributed by atoms with Crippen molar-refractivity contribution >= 4 is 5.91 Å². The lowest BCUT2D eigenvalue weighted by Crippen LogP contribution is -2.61. The van der Waals surface area contributed by atoms with E-state index in [4.69, 9.17) is 10.5 Å². The number of nitrogens with one attached hydrogen (secondary N) is 1. The van der Waals surface area contributed by atoms with E-state index >= 15 is 0 Å². The maximum Gasteiger partial charge on any atom is 0.241 e. The zero-order valence-corrected chi connectivity index (χ0v) is 12.2. The minimum atomic E-state index is -0.820. The monoisotopic (exact) mass is 292 g/mol. The number of hydrogen-bond donors (Lipinski definition) is 2. The highest BCUT2D eigenvalue weighted by molar-refractivity contribution is 5.86. The van der Waals surface area contributed by atoms with Crippen LogP contribution in [-0.2, 0) is 4.79 Å². The molecule has 0 radical (unpaired) electrons. The van der Waals surface area contributed by atoms with E-state index in [-0.39, 0.29) is 24.2 Å². The van der Waals surface area contributed by atoms with Crippen molar-refractivity contribution in [3.63, 3.8) is 0 Å². The number of aryl methyl sites for hydroxylation is 1. The second kappa shape index (κ2) is 5.30. The fourth-order valence-electron chi connectivity index (χ4n) is 2.71. The Kier molecular flexibility index (Phi) is 3.61. The maximum absolute atomic E-state index is 13.3. The molecule has 0 heterocycles. The minimum absolute atomic E-state index is 0.161. The Morgan fingerprint density at radius 2 is 2.14 bits per heavy atom. The fourth-order valence-corrected chi connectivity index (χ4v) is 2.71. The van der Waals surface area contributed by atoms with Crippen LogP contribution in [0.25, 0.3) is 0 Å². The first-order valence-electron chi connectivity index (χ1n) is 7.48. The largest absolute Gasteiger partial charge is 0.491 e. The molecule has 1 aromatic rings. The summed E-state index contributed by atoms with van der Waals surface area (Å²) in [4.78, 5) is 12.0. The molecule has 3 N–H and O–H groups in total. The lowest BCUT2D eigenvalue weighted by molar-refractivity contribution is -0.126. The van der Waals surface area contributed by atoms with E-state index in [1.54, 1.807) is 6.07 Å². The number of rotatable bonds is 7. The second-order valence-electron chi connectivity index (χ2n) is 6.23. The Morgan fingerprint density at radius 3 is 2.71 bits per heavy atom. The van der Waals surface area contributed by atoms with Crippen LogP contribution in [0.5, 0.6) is 5.75 Å². The highest BCUT2D eigenvalue weighted by atomic mass is 19.1. The fraction of sp³-hybridized carbons (Fsp3) is 0.562. The molecule has 1 amide bonds. The molecule has 3 rings (SSSR count). The van der Waals surface area contributed by atoms with Gasteiger partial charge in [0, 0.05) is 12.1 Å². The van der Waals surface area contributed by atoms with Crippen LogP contribution in [0, 0.1) is 18.7 Å². The van der Waals surface area contributed by atoms with Crippen LogP contribution in [0.2, 0.25) is 0 Å². The lowest BCUT2D eigenvalue weighted by Gasteiger charge is -2.32. The van der Waals surface area contributed by atoms with Crippen LogP contribution in [0.3, 0.4) is 0 Å². The van der Waals surface area contributed by atoms with Crippen LogP contribution in [0.1, 0.15) is 31.2 Å². The van der Waals surface area contributed by atoms with Gasteiger partial charge in [-0.3, -0.25) is 10.1 Å². The van der Waals surface area contributed by atoms with Crippen molar-refractivity contribution in [2.45, 2.75) is 44.2 Å². The number of hydrogen-bond acceptors (Lipinski definition) is 3. The summed E-state index contributed by atoms with van der Waals surface area (Å²) in [5.74, 6) is -0.0175. The smallest absolute Gasteiger partial charge is 0.241 e. The molecule has 0 spiro atoms. The number of carbonyl (C=O) groups is 1. The quantitative estimate of drug-likeness (QED) is 0.806. The summed E-state index contributed by atoms with van der Waals surface area (Å²) in [7, 11) is 0. The topological polar surface area (TPSA) is 64.3 Å². The Labute approximate surface area is 123 Å². The lowest BCUT2D eigenvalue weighted by atomic mass is 9.93. The molecular weight excluding hydrogens is 271 g/mol. The molecule has 2 fully saturated rings. The number of amides is 1. The predicted molar refractivity (Wildman–Crippen MR) is 77.4 cm³/mol. The van der Waals surface area contributed by atoms with Gasteiger partial charge < -0.3 is 10.5 Å². The molecule has 5 heteroatoms. The van der Waals surface area contributed by atoms with Crippen molar-refractivity contribution in [3.8, 4) is 5.75 Å². The van der Waals surface area contributed by atoms with Crippen LogP contribution in [0.15, 0.2) is 18.2 Å². The Balaban J connectivity index is 1.77. The van der Waals surface area contributed by atoms with Crippen molar-refractivity contribution < 1.29 is 13.9 Å². The van der Waals surface area contributed by atoms with Crippen molar-refractivity contribution in [2.24, 2.45) is 11.7 Å². The number of primary amides is 1. The number of ether oxygens (including phenoxy) is 1. The summed E-state index contributed by atoms with van der Waals surface area (Å²) in [5, 5.41) is 3.38. The predicted octanol–water partition coefficient (Wildman–Crippen LogP) is 1.90. The normalized spacial score (nSPS) is 20.9. The van der Waals surface area contributed by atoms with Crippen molar-refractivity contribution in [3.05, 3.63) is 29.6 Å². The van der Waals surface area contributed by atoms with E-state index in [1.807, 2.05) is 6.92 Å². The summed E-state index contributed by atoms with van der Waals surface area (Å²) in [5.41, 5.74) is 5.69. The highest BCUT2D eigenvalue weighted by Crippen LogP contribution is 2.42. The summed E-state index contributed by atoms with van der Waals surface area (Å²) in [6.07, 6.45) is 4.10. The van der Waals surface area contributed by atoms with Crippen molar-refractivity contribution in [2.75, 3.05) is 6.61 Å². The van der Waals surface area contributed by atoms with Gasteiger partial charge in [-0.25, -0.2) is 4.39 Å². The highest BCUT2D eigenvalue weighted by Gasteiger charge is 2.52. The molecule has 2 aliphatic carbocycles. The molecule has 0 bridgehead atoms. The van der Waals surface area contributed by atoms with Gasteiger partial charge in [0.1, 0.15) is 23.7 Å². The van der Waals surface area contributed by atoms with Gasteiger partial charge in [-0.1, -0.05) is 6.07 Å². The molecule has 2 aliphatic rings. The molecule has 0 aliphatic heterocycles. The Hall–Kier alpha value is -1.62. The van der Waals surface area contributed by atoms with Crippen LogP contribution in [0.4, 0.5) is 4.39 Å². The van der Waals surface area contributed by atoms with Gasteiger partial charge in [-0.15, -0.1) is 0 Å². The molecule has 1 unspecified atom stereocenters. The molecule has 114 valence electrons. The van der Waals surface area contributed by atoms with E-state index in [9.17, 15) is 9.18 Å². The van der Waals surface area contributed by atoms with E-state index in [2.05, 4.69) is 5.32 Å². The van der Waals surface area contributed by atoms with Gasteiger partial charge in [-0.2, -0.15) is 0 Å². The van der Waals surface area contributed by atoms with Crippen LogP contribution < -0.4 is 15.8 Å². The molecule has 2 saturated carbocycles.